The van der Waals surface area contributed by atoms with E-state index < -0.39 is 15.4 Å². The van der Waals surface area contributed by atoms with E-state index in [1.165, 1.54) is 19.2 Å². The third-order valence-electron chi connectivity index (χ3n) is 7.90. The third kappa shape index (κ3) is 5.03. The van der Waals surface area contributed by atoms with Crippen molar-refractivity contribution in [3.05, 3.63) is 66.5 Å². The number of benzene rings is 2. The first-order valence-corrected chi connectivity index (χ1v) is 15.2. The van der Waals surface area contributed by atoms with Crippen LogP contribution in [0.4, 0.5) is 11.4 Å². The summed E-state index contributed by atoms with van der Waals surface area (Å²) in [5.74, 6) is 1.00. The smallest absolute Gasteiger partial charge is 0.262 e. The maximum atomic E-state index is 13.4. The Hall–Kier alpha value is -4.22. The van der Waals surface area contributed by atoms with E-state index in [1.54, 1.807) is 24.4 Å². The Morgan fingerprint density at radius 3 is 2.50 bits per heavy atom. The van der Waals surface area contributed by atoms with Crippen molar-refractivity contribution < 1.29 is 22.7 Å². The number of hydrogen-bond acceptors (Lipinski definition) is 9. The van der Waals surface area contributed by atoms with E-state index in [0.29, 0.717) is 30.9 Å². The van der Waals surface area contributed by atoms with Crippen LogP contribution in [0.3, 0.4) is 0 Å². The quantitative estimate of drug-likeness (QED) is 0.274. The standard InChI is InChI=1S/C31H33N5O5S/c1-35(2)12-5-13-41-30-26(34-42(38,39)23-9-7-22(40-4)8-10-23)15-21(17-33-30)20-6-11-25-24(14-20)29-27(18-32-25)36(3)19-31(29)16-28(31)37/h6-11,14-15,17-18,34H,5,12-13,16,19H2,1-4H3. The zero-order chi connectivity index (χ0) is 29.6. The number of hydrogen-bond donors (Lipinski definition) is 1. The fourth-order valence-electron chi connectivity index (χ4n) is 5.63. The Balaban J connectivity index is 1.38. The van der Waals surface area contributed by atoms with Crippen molar-refractivity contribution >= 4 is 38.1 Å². The van der Waals surface area contributed by atoms with Gasteiger partial charge >= 0.3 is 0 Å². The Morgan fingerprint density at radius 2 is 1.81 bits per heavy atom. The molecule has 1 fully saturated rings. The van der Waals surface area contributed by atoms with Crippen molar-refractivity contribution in [2.75, 3.05) is 57.6 Å². The number of nitrogens with one attached hydrogen (secondary N) is 1. The van der Waals surface area contributed by atoms with Gasteiger partial charge in [0, 0.05) is 49.3 Å². The number of methoxy groups -OCH3 is 1. The van der Waals surface area contributed by atoms with Gasteiger partial charge in [0.1, 0.15) is 17.2 Å². The largest absolute Gasteiger partial charge is 0.497 e. The van der Waals surface area contributed by atoms with Crippen molar-refractivity contribution in [1.29, 1.82) is 0 Å². The molecule has 6 rings (SSSR count). The Kier molecular flexibility index (Phi) is 7.02. The molecule has 3 heterocycles. The van der Waals surface area contributed by atoms with Crippen molar-refractivity contribution in [2.24, 2.45) is 0 Å². The van der Waals surface area contributed by atoms with Gasteiger partial charge in [-0.25, -0.2) is 13.4 Å². The minimum Gasteiger partial charge on any atom is -0.497 e. The minimum atomic E-state index is -3.95. The highest BCUT2D eigenvalue weighted by Crippen LogP contribution is 2.55. The van der Waals surface area contributed by atoms with Crippen LogP contribution in [0.25, 0.3) is 22.0 Å². The monoisotopic (exact) mass is 587 g/mol. The minimum absolute atomic E-state index is 0.0862. The number of pyridine rings is 2. The lowest BCUT2D eigenvalue weighted by Gasteiger charge is -2.16. The molecule has 2 aromatic carbocycles. The summed E-state index contributed by atoms with van der Waals surface area (Å²) < 4.78 is 40.6. The zero-order valence-corrected chi connectivity index (χ0v) is 24.9. The zero-order valence-electron chi connectivity index (χ0n) is 24.0. The number of aromatic nitrogens is 2. The second kappa shape index (κ2) is 10.6. The average molecular weight is 588 g/mol. The van der Waals surface area contributed by atoms with Crippen LogP contribution in [-0.2, 0) is 20.2 Å². The number of anilines is 2. The average Bonchev–Trinajstić information content (AvgIpc) is 3.52. The molecule has 1 spiro atoms. The van der Waals surface area contributed by atoms with Gasteiger partial charge < -0.3 is 19.3 Å². The molecule has 1 saturated carbocycles. The topological polar surface area (TPSA) is 114 Å². The van der Waals surface area contributed by atoms with Crippen LogP contribution in [0.5, 0.6) is 11.6 Å². The maximum Gasteiger partial charge on any atom is 0.262 e. The van der Waals surface area contributed by atoms with Crippen LogP contribution in [0.1, 0.15) is 18.4 Å². The Morgan fingerprint density at radius 1 is 1.05 bits per heavy atom. The summed E-state index contributed by atoms with van der Waals surface area (Å²) >= 11 is 0. The number of fused-ring (bicyclic) bond motifs is 4. The molecule has 218 valence electrons. The molecule has 0 saturated heterocycles. The number of carbonyl (C=O) groups is 1. The van der Waals surface area contributed by atoms with E-state index in [2.05, 4.69) is 24.5 Å². The molecule has 0 radical (unpaired) electrons. The molecule has 1 aliphatic carbocycles. The highest BCUT2D eigenvalue weighted by atomic mass is 32.2. The van der Waals surface area contributed by atoms with E-state index in [-0.39, 0.29) is 22.2 Å². The molecular weight excluding hydrogens is 554 g/mol. The highest BCUT2D eigenvalue weighted by Gasteiger charge is 2.60. The van der Waals surface area contributed by atoms with Crippen LogP contribution in [0.15, 0.2) is 65.8 Å². The second-order valence-electron chi connectivity index (χ2n) is 11.2. The predicted molar refractivity (Wildman–Crippen MR) is 162 cm³/mol. The second-order valence-corrected chi connectivity index (χ2v) is 12.8. The number of Topliss-reactive ketones (excluding diaryl/α,β-unsaturated/α-hetero) is 1. The normalized spacial score (nSPS) is 17.6. The summed E-state index contributed by atoms with van der Waals surface area (Å²) in [5, 5.41) is 0.921. The number of likely N-dealkylation sites (N-methyl/N-ethyl adjacent to an activating group) is 1. The van der Waals surface area contributed by atoms with Crippen molar-refractivity contribution in [2.45, 2.75) is 23.2 Å². The van der Waals surface area contributed by atoms with Crippen molar-refractivity contribution in [1.82, 2.24) is 14.9 Å². The van der Waals surface area contributed by atoms with Gasteiger partial charge in [-0.2, -0.15) is 0 Å². The third-order valence-corrected chi connectivity index (χ3v) is 9.28. The van der Waals surface area contributed by atoms with Crippen LogP contribution >= 0.6 is 0 Å². The molecule has 2 aromatic heterocycles. The molecule has 1 N–H and O–H groups in total. The summed E-state index contributed by atoms with van der Waals surface area (Å²) in [6, 6.07) is 13.8. The van der Waals surface area contributed by atoms with Crippen molar-refractivity contribution in [3.63, 3.8) is 0 Å². The van der Waals surface area contributed by atoms with E-state index in [4.69, 9.17) is 9.47 Å². The Bertz CT molecular complexity index is 1790. The SMILES string of the molecule is COc1ccc(S(=O)(=O)Nc2cc(-c3ccc4ncc5c(c4c3)C3(CC3=O)CN5C)cnc2OCCCN(C)C)cc1. The van der Waals surface area contributed by atoms with Gasteiger partial charge in [0.2, 0.25) is 5.88 Å². The molecular formula is C31H33N5O5S. The molecule has 1 unspecified atom stereocenters. The summed E-state index contributed by atoms with van der Waals surface area (Å²) in [6.45, 7) is 1.85. The van der Waals surface area contributed by atoms with Crippen LogP contribution < -0.4 is 19.1 Å². The first kappa shape index (κ1) is 27.9. The van der Waals surface area contributed by atoms with E-state index in [1.807, 2.05) is 45.5 Å². The predicted octanol–water partition coefficient (Wildman–Crippen LogP) is 4.10. The number of ether oxygens (including phenoxy) is 2. The van der Waals surface area contributed by atoms with Crippen LogP contribution in [0, 0.1) is 0 Å². The van der Waals surface area contributed by atoms with Crippen LogP contribution in [-0.4, -0.2) is 77.0 Å². The molecule has 4 aromatic rings. The highest BCUT2D eigenvalue weighted by molar-refractivity contribution is 7.92. The summed E-state index contributed by atoms with van der Waals surface area (Å²) in [4.78, 5) is 26.0. The van der Waals surface area contributed by atoms with Gasteiger partial charge in [-0.05, 0) is 68.5 Å². The number of ketones is 1. The van der Waals surface area contributed by atoms with Gasteiger partial charge in [0.15, 0.2) is 0 Å². The summed E-state index contributed by atoms with van der Waals surface area (Å²) in [7, 11) is 3.52. The molecule has 11 heteroatoms. The van der Waals surface area contributed by atoms with E-state index in [9.17, 15) is 13.2 Å². The first-order valence-electron chi connectivity index (χ1n) is 13.7. The fourth-order valence-corrected chi connectivity index (χ4v) is 6.68. The van der Waals surface area contributed by atoms with Gasteiger partial charge in [0.25, 0.3) is 10.0 Å². The molecule has 2 aliphatic rings. The van der Waals surface area contributed by atoms with E-state index >= 15 is 0 Å². The molecule has 10 nitrogen and oxygen atoms in total. The van der Waals surface area contributed by atoms with Gasteiger partial charge in [-0.15, -0.1) is 0 Å². The number of rotatable bonds is 10. The van der Waals surface area contributed by atoms with Gasteiger partial charge in [-0.3, -0.25) is 14.5 Å². The summed E-state index contributed by atoms with van der Waals surface area (Å²) in [5.41, 5.74) is 4.09. The van der Waals surface area contributed by atoms with Gasteiger partial charge in [0.05, 0.1) is 41.4 Å². The van der Waals surface area contributed by atoms with E-state index in [0.717, 1.165) is 40.7 Å². The molecule has 1 aliphatic heterocycles. The summed E-state index contributed by atoms with van der Waals surface area (Å²) in [6.07, 6.45) is 4.80. The number of nitrogens with zero attached hydrogens (tertiary/aromatic N) is 4. The lowest BCUT2D eigenvalue weighted by molar-refractivity contribution is -0.111. The van der Waals surface area contributed by atoms with Crippen molar-refractivity contribution in [3.8, 4) is 22.8 Å². The molecule has 1 atom stereocenters. The lowest BCUT2D eigenvalue weighted by atomic mass is 9.93. The number of sulfonamides is 1. The van der Waals surface area contributed by atoms with Crippen LogP contribution in [0.2, 0.25) is 0 Å². The number of carbonyl (C=O) groups excluding carboxylic acids is 1. The molecule has 0 amide bonds. The lowest BCUT2D eigenvalue weighted by Crippen LogP contribution is -2.20. The Labute approximate surface area is 245 Å². The maximum absolute atomic E-state index is 13.4. The first-order chi connectivity index (χ1) is 20.1. The molecule has 42 heavy (non-hydrogen) atoms. The molecule has 0 bridgehead atoms. The van der Waals surface area contributed by atoms with Gasteiger partial charge in [-0.1, -0.05) is 6.07 Å². The fraction of sp³-hybridized carbons (Fsp3) is 0.323.